The SMILES string of the molecule is Cc1cc(O)c(C2=NCCSC(c3ccc(-c4cccc(Cl)c4C(F)(F)F)o3)C2)c(=O)o1. The number of furan rings is 1. The first-order valence-corrected chi connectivity index (χ1v) is 11.0. The Morgan fingerprint density at radius 1 is 1.22 bits per heavy atom. The second-order valence-electron chi connectivity index (χ2n) is 7.16. The minimum atomic E-state index is -4.64. The van der Waals surface area contributed by atoms with E-state index in [-0.39, 0.29) is 40.1 Å². The smallest absolute Gasteiger partial charge is 0.418 e. The van der Waals surface area contributed by atoms with Gasteiger partial charge in [-0.3, -0.25) is 4.99 Å². The predicted octanol–water partition coefficient (Wildman–Crippen LogP) is 6.25. The molecule has 0 spiro atoms. The number of thioether (sulfide) groups is 1. The minimum Gasteiger partial charge on any atom is -0.507 e. The van der Waals surface area contributed by atoms with Crippen LogP contribution in [-0.4, -0.2) is 23.1 Å². The molecule has 0 saturated carbocycles. The molecule has 1 unspecified atom stereocenters. The third kappa shape index (κ3) is 4.45. The van der Waals surface area contributed by atoms with E-state index < -0.39 is 22.4 Å². The van der Waals surface area contributed by atoms with E-state index in [1.165, 1.54) is 42.1 Å². The van der Waals surface area contributed by atoms with Crippen LogP contribution in [0.25, 0.3) is 11.3 Å². The Kier molecular flexibility index (Phi) is 6.13. The summed E-state index contributed by atoms with van der Waals surface area (Å²) in [6, 6.07) is 8.33. The zero-order chi connectivity index (χ0) is 23.0. The minimum absolute atomic E-state index is 0.0101. The van der Waals surface area contributed by atoms with E-state index in [1.54, 1.807) is 13.0 Å². The maximum atomic E-state index is 13.5. The van der Waals surface area contributed by atoms with Crippen LogP contribution in [0.15, 0.2) is 55.0 Å². The molecule has 3 aromatic rings. The van der Waals surface area contributed by atoms with Gasteiger partial charge in [-0.2, -0.15) is 13.2 Å². The van der Waals surface area contributed by atoms with Crippen LogP contribution in [0.5, 0.6) is 5.75 Å². The highest BCUT2D eigenvalue weighted by Crippen LogP contribution is 2.44. The van der Waals surface area contributed by atoms with Gasteiger partial charge in [0.2, 0.25) is 0 Å². The first kappa shape index (κ1) is 22.5. The van der Waals surface area contributed by atoms with Crippen LogP contribution in [0.3, 0.4) is 0 Å². The number of alkyl halides is 3. The molecule has 0 radical (unpaired) electrons. The summed E-state index contributed by atoms with van der Waals surface area (Å²) >= 11 is 7.33. The second kappa shape index (κ2) is 8.71. The predicted molar refractivity (Wildman–Crippen MR) is 117 cm³/mol. The molecular formula is C22H17ClF3NO4S. The average Bonchev–Trinajstić information content (AvgIpc) is 3.06. The van der Waals surface area contributed by atoms with Crippen molar-refractivity contribution in [2.24, 2.45) is 4.99 Å². The van der Waals surface area contributed by atoms with Crippen LogP contribution >= 0.6 is 23.4 Å². The van der Waals surface area contributed by atoms with Crippen LogP contribution in [0, 0.1) is 6.92 Å². The van der Waals surface area contributed by atoms with Gasteiger partial charge in [-0.05, 0) is 25.1 Å². The molecule has 4 rings (SSSR count). The van der Waals surface area contributed by atoms with Crippen LogP contribution in [0.2, 0.25) is 5.02 Å². The molecule has 0 saturated heterocycles. The van der Waals surface area contributed by atoms with Gasteiger partial charge in [0.15, 0.2) is 0 Å². The molecule has 0 fully saturated rings. The number of aryl methyl sites for hydroxylation is 1. The van der Waals surface area contributed by atoms with Crippen molar-refractivity contribution in [3.63, 3.8) is 0 Å². The molecule has 0 amide bonds. The highest BCUT2D eigenvalue weighted by Gasteiger charge is 2.37. The lowest BCUT2D eigenvalue weighted by Crippen LogP contribution is -2.17. The maximum Gasteiger partial charge on any atom is 0.418 e. The fourth-order valence-corrected chi connectivity index (χ4v) is 4.92. The van der Waals surface area contributed by atoms with Crippen LogP contribution in [-0.2, 0) is 6.18 Å². The standard InChI is InChI=1S/C22H17ClF3NO4S/c1-11-9-15(28)19(21(29)30-11)14-10-18(32-8-7-27-14)17-6-5-16(31-17)12-3-2-4-13(23)20(12)22(24,25)26/h2-6,9,18,28H,7-8,10H2,1H3. The number of hydrogen-bond acceptors (Lipinski definition) is 6. The number of nitrogens with zero attached hydrogens (tertiary/aromatic N) is 1. The third-order valence-electron chi connectivity index (χ3n) is 4.94. The Morgan fingerprint density at radius 3 is 2.72 bits per heavy atom. The normalized spacial score (nSPS) is 17.2. The molecule has 3 heterocycles. The number of aliphatic imine (C=N–C) groups is 1. The lowest BCUT2D eigenvalue weighted by atomic mass is 10.0. The molecule has 1 aromatic carbocycles. The van der Waals surface area contributed by atoms with Gasteiger partial charge in [0.25, 0.3) is 0 Å². The monoisotopic (exact) mass is 483 g/mol. The van der Waals surface area contributed by atoms with Crippen LogP contribution in [0.4, 0.5) is 13.2 Å². The fourth-order valence-electron chi connectivity index (χ4n) is 3.59. The Hall–Kier alpha value is -2.65. The molecule has 2 aromatic heterocycles. The fraction of sp³-hybridized carbons (Fsp3) is 0.273. The number of hydrogen-bond donors (Lipinski definition) is 1. The average molecular weight is 484 g/mol. The summed E-state index contributed by atoms with van der Waals surface area (Å²) in [5, 5.41) is 9.54. The van der Waals surface area contributed by atoms with E-state index >= 15 is 0 Å². The Morgan fingerprint density at radius 2 is 2.00 bits per heavy atom. The lowest BCUT2D eigenvalue weighted by molar-refractivity contribution is -0.137. The van der Waals surface area contributed by atoms with Crippen molar-refractivity contribution in [3.8, 4) is 17.1 Å². The molecule has 168 valence electrons. The van der Waals surface area contributed by atoms with Gasteiger partial charge in [-0.15, -0.1) is 11.8 Å². The molecule has 0 bridgehead atoms. The first-order chi connectivity index (χ1) is 15.1. The number of rotatable bonds is 3. The summed E-state index contributed by atoms with van der Waals surface area (Å²) in [5.74, 6) is 1.12. The molecule has 32 heavy (non-hydrogen) atoms. The molecule has 10 heteroatoms. The van der Waals surface area contributed by atoms with Crippen molar-refractivity contribution in [1.29, 1.82) is 0 Å². The van der Waals surface area contributed by atoms with Gasteiger partial charge in [0, 0.05) is 30.3 Å². The largest absolute Gasteiger partial charge is 0.507 e. The van der Waals surface area contributed by atoms with Crippen LogP contribution < -0.4 is 5.63 Å². The van der Waals surface area contributed by atoms with Gasteiger partial charge >= 0.3 is 11.8 Å². The molecule has 1 atom stereocenters. The Bertz CT molecular complexity index is 1250. The van der Waals surface area contributed by atoms with Crippen molar-refractivity contribution in [2.75, 3.05) is 12.3 Å². The third-order valence-corrected chi connectivity index (χ3v) is 6.48. The van der Waals surface area contributed by atoms with Crippen molar-refractivity contribution in [1.82, 2.24) is 0 Å². The summed E-state index contributed by atoms with van der Waals surface area (Å²) in [4.78, 5) is 16.7. The molecular weight excluding hydrogens is 467 g/mol. The quantitative estimate of drug-likeness (QED) is 0.476. The highest BCUT2D eigenvalue weighted by molar-refractivity contribution is 7.99. The zero-order valence-electron chi connectivity index (χ0n) is 16.7. The van der Waals surface area contributed by atoms with Crippen molar-refractivity contribution >= 4 is 29.1 Å². The van der Waals surface area contributed by atoms with Gasteiger partial charge in [-0.1, -0.05) is 23.7 Å². The van der Waals surface area contributed by atoms with Crippen molar-refractivity contribution < 1.29 is 27.1 Å². The highest BCUT2D eigenvalue weighted by atomic mass is 35.5. The van der Waals surface area contributed by atoms with E-state index in [1.807, 2.05) is 0 Å². The van der Waals surface area contributed by atoms with E-state index in [9.17, 15) is 23.1 Å². The summed E-state index contributed by atoms with van der Waals surface area (Å²) < 4.78 is 51.6. The maximum absolute atomic E-state index is 13.5. The van der Waals surface area contributed by atoms with Gasteiger partial charge in [-0.25, -0.2) is 4.79 Å². The van der Waals surface area contributed by atoms with E-state index in [2.05, 4.69) is 4.99 Å². The number of aromatic hydroxyl groups is 1. The van der Waals surface area contributed by atoms with E-state index in [0.717, 1.165) is 0 Å². The Labute approximate surface area is 189 Å². The van der Waals surface area contributed by atoms with Crippen molar-refractivity contribution in [3.05, 3.63) is 74.5 Å². The number of halogens is 4. The molecule has 1 aliphatic rings. The van der Waals surface area contributed by atoms with Gasteiger partial charge in [0.1, 0.15) is 28.6 Å². The zero-order valence-corrected chi connectivity index (χ0v) is 18.3. The molecule has 0 aliphatic carbocycles. The summed E-state index contributed by atoms with van der Waals surface area (Å²) in [6.07, 6.45) is -4.41. The van der Waals surface area contributed by atoms with E-state index in [4.69, 9.17) is 20.4 Å². The van der Waals surface area contributed by atoms with Crippen molar-refractivity contribution in [2.45, 2.75) is 24.8 Å². The van der Waals surface area contributed by atoms with Gasteiger partial charge in [0.05, 0.1) is 21.5 Å². The Balaban J connectivity index is 1.68. The molecule has 5 nitrogen and oxygen atoms in total. The lowest BCUT2D eigenvalue weighted by Gasteiger charge is -2.14. The molecule has 1 N–H and O–H groups in total. The van der Waals surface area contributed by atoms with E-state index in [0.29, 0.717) is 23.8 Å². The second-order valence-corrected chi connectivity index (χ2v) is 8.88. The molecule has 1 aliphatic heterocycles. The number of benzene rings is 1. The summed E-state index contributed by atoms with van der Waals surface area (Å²) in [6.45, 7) is 1.96. The summed E-state index contributed by atoms with van der Waals surface area (Å²) in [5.41, 5.74) is -1.45. The topological polar surface area (TPSA) is 75.9 Å². The van der Waals surface area contributed by atoms with Crippen LogP contribution in [0.1, 0.15) is 34.3 Å². The summed E-state index contributed by atoms with van der Waals surface area (Å²) in [7, 11) is 0. The van der Waals surface area contributed by atoms with Gasteiger partial charge < -0.3 is 13.9 Å². The first-order valence-electron chi connectivity index (χ1n) is 9.60.